The molecule has 2 amide bonds. The van der Waals surface area contributed by atoms with Gasteiger partial charge >= 0.3 is 6.03 Å². The number of anilines is 1. The second-order valence-corrected chi connectivity index (χ2v) is 7.93. The Labute approximate surface area is 190 Å². The number of halogens is 1. The molecule has 0 fully saturated rings. The van der Waals surface area contributed by atoms with Gasteiger partial charge in [0.2, 0.25) is 0 Å². The fraction of sp³-hybridized carbons (Fsp3) is 0.192. The van der Waals surface area contributed by atoms with E-state index in [1.54, 1.807) is 48.4 Å². The number of aromatic nitrogens is 1. The van der Waals surface area contributed by atoms with E-state index in [1.165, 1.54) is 13.2 Å². The number of nitrogens with one attached hydrogen (secondary N) is 2. The maximum atomic E-state index is 15.0. The van der Waals surface area contributed by atoms with Gasteiger partial charge < -0.3 is 24.7 Å². The first-order valence-electron chi connectivity index (χ1n) is 10.7. The number of carbonyl (C=O) groups excluding carboxylic acids is 1. The van der Waals surface area contributed by atoms with Gasteiger partial charge in [0, 0.05) is 34.8 Å². The molecule has 0 bridgehead atoms. The fourth-order valence-corrected chi connectivity index (χ4v) is 4.58. The molecule has 1 atom stereocenters. The standard InChI is InChI=1S/C26H24FN3O3/c1-32-16-11-12-23(33-2)22(15-16)29-26(31)30-14-13-18-17-7-4-6-10-21(17)28-24(18)25(30)19-8-3-5-9-20(19)27/h3-12,15,25,28H,13-14H2,1-2H3,(H,29,31)/t25-/m0/s1. The highest BCUT2D eigenvalue weighted by Crippen LogP contribution is 2.40. The number of benzene rings is 3. The molecule has 0 saturated carbocycles. The van der Waals surface area contributed by atoms with Gasteiger partial charge in [-0.2, -0.15) is 0 Å². The van der Waals surface area contributed by atoms with Crippen LogP contribution in [0.15, 0.2) is 66.7 Å². The summed E-state index contributed by atoms with van der Waals surface area (Å²) in [6.07, 6.45) is 0.660. The molecule has 168 valence electrons. The topological polar surface area (TPSA) is 66.6 Å². The van der Waals surface area contributed by atoms with Crippen LogP contribution in [0.1, 0.15) is 22.9 Å². The second-order valence-electron chi connectivity index (χ2n) is 7.93. The maximum Gasteiger partial charge on any atom is 0.322 e. The number of ether oxygens (including phenoxy) is 2. The van der Waals surface area contributed by atoms with E-state index in [-0.39, 0.29) is 11.8 Å². The fourth-order valence-electron chi connectivity index (χ4n) is 4.58. The summed E-state index contributed by atoms with van der Waals surface area (Å²) in [4.78, 5) is 18.6. The van der Waals surface area contributed by atoms with E-state index >= 15 is 0 Å². The number of urea groups is 1. The number of amides is 2. The van der Waals surface area contributed by atoms with Crippen LogP contribution in [0.2, 0.25) is 0 Å². The summed E-state index contributed by atoms with van der Waals surface area (Å²) in [6, 6.07) is 18.8. The molecular weight excluding hydrogens is 421 g/mol. The van der Waals surface area contributed by atoms with Crippen LogP contribution < -0.4 is 14.8 Å². The van der Waals surface area contributed by atoms with Crippen molar-refractivity contribution in [3.05, 3.63) is 89.4 Å². The zero-order chi connectivity index (χ0) is 22.9. The molecular formula is C26H24FN3O3. The third-order valence-electron chi connectivity index (χ3n) is 6.14. The number of para-hydroxylation sites is 1. The molecule has 6 nitrogen and oxygen atoms in total. The summed E-state index contributed by atoms with van der Waals surface area (Å²) in [5, 5.41) is 4.04. The molecule has 3 aromatic carbocycles. The molecule has 2 N–H and O–H groups in total. The summed E-state index contributed by atoms with van der Waals surface area (Å²) in [6.45, 7) is 0.436. The van der Waals surface area contributed by atoms with Gasteiger partial charge in [-0.25, -0.2) is 9.18 Å². The molecule has 33 heavy (non-hydrogen) atoms. The quantitative estimate of drug-likeness (QED) is 0.436. The van der Waals surface area contributed by atoms with E-state index in [2.05, 4.69) is 16.4 Å². The lowest BCUT2D eigenvalue weighted by Gasteiger charge is -2.36. The minimum atomic E-state index is -0.598. The van der Waals surface area contributed by atoms with Crippen molar-refractivity contribution in [2.45, 2.75) is 12.5 Å². The molecule has 0 aliphatic carbocycles. The summed E-state index contributed by atoms with van der Waals surface area (Å²) < 4.78 is 25.7. The predicted octanol–water partition coefficient (Wildman–Crippen LogP) is 5.50. The Bertz CT molecular complexity index is 1330. The Hall–Kier alpha value is -4.00. The Morgan fingerprint density at radius 1 is 1.06 bits per heavy atom. The molecule has 0 saturated heterocycles. The minimum Gasteiger partial charge on any atom is -0.497 e. The average Bonchev–Trinajstić information content (AvgIpc) is 3.22. The van der Waals surface area contributed by atoms with Gasteiger partial charge in [0.05, 0.1) is 19.9 Å². The zero-order valence-electron chi connectivity index (χ0n) is 18.4. The van der Waals surface area contributed by atoms with Gasteiger partial charge in [0.1, 0.15) is 23.4 Å². The smallest absolute Gasteiger partial charge is 0.322 e. The molecule has 1 aromatic heterocycles. The lowest BCUT2D eigenvalue weighted by Crippen LogP contribution is -2.43. The van der Waals surface area contributed by atoms with Crippen LogP contribution in [0.4, 0.5) is 14.9 Å². The summed E-state index contributed by atoms with van der Waals surface area (Å²) in [5.74, 6) is 0.744. The van der Waals surface area contributed by atoms with Crippen molar-refractivity contribution in [3.8, 4) is 11.5 Å². The Morgan fingerprint density at radius 3 is 2.64 bits per heavy atom. The third kappa shape index (κ3) is 3.65. The predicted molar refractivity (Wildman–Crippen MR) is 126 cm³/mol. The average molecular weight is 445 g/mol. The monoisotopic (exact) mass is 445 g/mol. The first-order chi connectivity index (χ1) is 16.1. The van der Waals surface area contributed by atoms with Crippen LogP contribution in [0.5, 0.6) is 11.5 Å². The number of H-pyrrole nitrogens is 1. The molecule has 0 spiro atoms. The van der Waals surface area contributed by atoms with Crippen LogP contribution in [0.25, 0.3) is 10.9 Å². The molecule has 0 unspecified atom stereocenters. The van der Waals surface area contributed by atoms with Gasteiger partial charge in [-0.05, 0) is 36.2 Å². The van der Waals surface area contributed by atoms with Gasteiger partial charge in [-0.15, -0.1) is 0 Å². The van der Waals surface area contributed by atoms with Crippen molar-refractivity contribution in [3.63, 3.8) is 0 Å². The number of nitrogens with zero attached hydrogens (tertiary/aromatic N) is 1. The van der Waals surface area contributed by atoms with Gasteiger partial charge in [-0.3, -0.25) is 0 Å². The number of carbonyl (C=O) groups is 1. The van der Waals surface area contributed by atoms with Crippen molar-refractivity contribution in [2.24, 2.45) is 0 Å². The van der Waals surface area contributed by atoms with Crippen molar-refractivity contribution in [1.29, 1.82) is 0 Å². The number of fused-ring (bicyclic) bond motifs is 3. The van der Waals surface area contributed by atoms with E-state index in [4.69, 9.17) is 9.47 Å². The zero-order valence-corrected chi connectivity index (χ0v) is 18.4. The molecule has 5 rings (SSSR count). The maximum absolute atomic E-state index is 15.0. The highest BCUT2D eigenvalue weighted by atomic mass is 19.1. The number of hydrogen-bond donors (Lipinski definition) is 2. The van der Waals surface area contributed by atoms with Crippen molar-refractivity contribution in [1.82, 2.24) is 9.88 Å². The normalized spacial score (nSPS) is 15.2. The summed E-state index contributed by atoms with van der Waals surface area (Å²) in [5.41, 5.74) is 3.84. The number of rotatable bonds is 4. The first kappa shape index (κ1) is 20.9. The Morgan fingerprint density at radius 2 is 1.85 bits per heavy atom. The van der Waals surface area contributed by atoms with Crippen LogP contribution in [-0.2, 0) is 6.42 Å². The Kier molecular flexibility index (Phi) is 5.38. The molecule has 1 aliphatic heterocycles. The highest BCUT2D eigenvalue weighted by Gasteiger charge is 2.36. The van der Waals surface area contributed by atoms with E-state index in [0.717, 1.165) is 22.2 Å². The largest absolute Gasteiger partial charge is 0.497 e. The van der Waals surface area contributed by atoms with Gasteiger partial charge in [0.25, 0.3) is 0 Å². The van der Waals surface area contributed by atoms with Crippen molar-refractivity contribution < 1.29 is 18.7 Å². The minimum absolute atomic E-state index is 0.348. The van der Waals surface area contributed by atoms with Crippen LogP contribution in [0.3, 0.4) is 0 Å². The highest BCUT2D eigenvalue weighted by molar-refractivity contribution is 5.93. The number of methoxy groups -OCH3 is 2. The lowest BCUT2D eigenvalue weighted by molar-refractivity contribution is 0.191. The first-order valence-corrected chi connectivity index (χ1v) is 10.7. The van der Waals surface area contributed by atoms with E-state index in [9.17, 15) is 9.18 Å². The molecule has 0 radical (unpaired) electrons. The lowest BCUT2D eigenvalue weighted by atomic mass is 9.92. The molecule has 7 heteroatoms. The van der Waals surface area contributed by atoms with Crippen molar-refractivity contribution >= 4 is 22.6 Å². The SMILES string of the molecule is COc1ccc(OC)c(NC(=O)N2CCc3c([nH]c4ccccc34)[C@@H]2c2ccccc2F)c1. The number of aromatic amines is 1. The summed E-state index contributed by atoms with van der Waals surface area (Å²) in [7, 11) is 3.10. The van der Waals surface area contributed by atoms with Gasteiger partial charge in [-0.1, -0.05) is 36.4 Å². The van der Waals surface area contributed by atoms with E-state index in [1.807, 2.05) is 18.2 Å². The number of hydrogen-bond acceptors (Lipinski definition) is 3. The summed E-state index contributed by atoms with van der Waals surface area (Å²) >= 11 is 0. The molecule has 1 aliphatic rings. The van der Waals surface area contributed by atoms with Crippen LogP contribution >= 0.6 is 0 Å². The van der Waals surface area contributed by atoms with E-state index < -0.39 is 6.04 Å². The van der Waals surface area contributed by atoms with Crippen LogP contribution in [-0.4, -0.2) is 36.7 Å². The van der Waals surface area contributed by atoms with Crippen molar-refractivity contribution in [2.75, 3.05) is 26.1 Å². The molecule has 4 aromatic rings. The second kappa shape index (κ2) is 8.50. The van der Waals surface area contributed by atoms with Crippen LogP contribution in [0, 0.1) is 5.82 Å². The Balaban J connectivity index is 1.58. The third-order valence-corrected chi connectivity index (χ3v) is 6.14. The van der Waals surface area contributed by atoms with Gasteiger partial charge in [0.15, 0.2) is 0 Å². The molecule has 2 heterocycles. The van der Waals surface area contributed by atoms with E-state index in [0.29, 0.717) is 35.7 Å².